The number of halogens is 7. The molecule has 142 valence electrons. The first-order valence-corrected chi connectivity index (χ1v) is 8.18. The standard InChI is InChI=1S/C17H9BrF6N2O/c18-15-12-5-9(8-27)1-4-14(12)25-26(15)7-10-2-3-11(16(19,20)21)6-13(10)17(22,23)24/h1-6,8H,7H2. The molecule has 0 unspecified atom stereocenters. The van der Waals surface area contributed by atoms with Crippen molar-refractivity contribution in [3.8, 4) is 0 Å². The first-order chi connectivity index (χ1) is 12.5. The van der Waals surface area contributed by atoms with Crippen LogP contribution in [0.5, 0.6) is 0 Å². The largest absolute Gasteiger partial charge is 0.416 e. The smallest absolute Gasteiger partial charge is 0.298 e. The van der Waals surface area contributed by atoms with E-state index in [4.69, 9.17) is 0 Å². The zero-order valence-electron chi connectivity index (χ0n) is 13.2. The summed E-state index contributed by atoms with van der Waals surface area (Å²) in [5, 5.41) is 4.64. The summed E-state index contributed by atoms with van der Waals surface area (Å²) in [5.74, 6) is 0. The molecule has 0 aliphatic rings. The fourth-order valence-corrected chi connectivity index (χ4v) is 3.14. The minimum absolute atomic E-state index is 0.0942. The third kappa shape index (κ3) is 3.85. The lowest BCUT2D eigenvalue weighted by atomic mass is 10.0. The monoisotopic (exact) mass is 450 g/mol. The highest BCUT2D eigenvalue weighted by atomic mass is 79.9. The second kappa shape index (κ2) is 6.66. The number of hydrogen-bond acceptors (Lipinski definition) is 2. The van der Waals surface area contributed by atoms with E-state index in [-0.39, 0.29) is 11.6 Å². The lowest BCUT2D eigenvalue weighted by Gasteiger charge is -2.16. The molecule has 3 rings (SSSR count). The molecular weight excluding hydrogens is 442 g/mol. The molecule has 3 nitrogen and oxygen atoms in total. The zero-order chi connectivity index (χ0) is 20.0. The molecule has 0 radical (unpaired) electrons. The van der Waals surface area contributed by atoms with Crippen LogP contribution in [0.1, 0.15) is 27.0 Å². The Bertz CT molecular complexity index is 1020. The third-order valence-corrected chi connectivity index (χ3v) is 4.73. The van der Waals surface area contributed by atoms with Crippen LogP contribution in [-0.2, 0) is 18.9 Å². The number of rotatable bonds is 3. The van der Waals surface area contributed by atoms with Gasteiger partial charge in [0.1, 0.15) is 10.9 Å². The summed E-state index contributed by atoms with van der Waals surface area (Å²) in [5.41, 5.74) is -2.34. The van der Waals surface area contributed by atoms with E-state index < -0.39 is 30.0 Å². The van der Waals surface area contributed by atoms with Crippen molar-refractivity contribution in [3.05, 3.63) is 63.3 Å². The molecule has 0 atom stereocenters. The Morgan fingerprint density at radius 3 is 2.30 bits per heavy atom. The topological polar surface area (TPSA) is 34.9 Å². The van der Waals surface area contributed by atoms with Crippen LogP contribution in [-0.4, -0.2) is 16.1 Å². The van der Waals surface area contributed by atoms with E-state index in [0.717, 1.165) is 6.07 Å². The molecule has 0 fully saturated rings. The van der Waals surface area contributed by atoms with E-state index in [1.807, 2.05) is 0 Å². The van der Waals surface area contributed by atoms with Gasteiger partial charge in [-0.15, -0.1) is 0 Å². The van der Waals surface area contributed by atoms with Crippen molar-refractivity contribution >= 4 is 33.1 Å². The van der Waals surface area contributed by atoms with Gasteiger partial charge in [-0.05, 0) is 51.8 Å². The van der Waals surface area contributed by atoms with Gasteiger partial charge in [-0.3, -0.25) is 9.48 Å². The summed E-state index contributed by atoms with van der Waals surface area (Å²) >= 11 is 3.22. The summed E-state index contributed by atoms with van der Waals surface area (Å²) in [4.78, 5) is 10.9. The lowest BCUT2D eigenvalue weighted by Crippen LogP contribution is -2.15. The average molecular weight is 451 g/mol. The van der Waals surface area contributed by atoms with Gasteiger partial charge in [0.15, 0.2) is 0 Å². The number of nitrogens with zero attached hydrogens (tertiary/aromatic N) is 2. The molecule has 10 heteroatoms. The van der Waals surface area contributed by atoms with Crippen molar-refractivity contribution in [2.75, 3.05) is 0 Å². The van der Waals surface area contributed by atoms with Gasteiger partial charge in [-0.2, -0.15) is 31.4 Å². The van der Waals surface area contributed by atoms with E-state index in [9.17, 15) is 31.1 Å². The number of fused-ring (bicyclic) bond motifs is 1. The highest BCUT2D eigenvalue weighted by Gasteiger charge is 2.38. The number of alkyl halides is 6. The third-order valence-electron chi connectivity index (χ3n) is 3.90. The van der Waals surface area contributed by atoms with E-state index in [0.29, 0.717) is 33.4 Å². The van der Waals surface area contributed by atoms with Crippen LogP contribution < -0.4 is 0 Å². The molecule has 0 N–H and O–H groups in total. The number of carbonyl (C=O) groups is 1. The molecule has 1 heterocycles. The van der Waals surface area contributed by atoms with Gasteiger partial charge in [0.2, 0.25) is 0 Å². The molecule has 1 aromatic heterocycles. The van der Waals surface area contributed by atoms with Crippen LogP contribution in [0.2, 0.25) is 0 Å². The second-order valence-corrected chi connectivity index (χ2v) is 6.46. The average Bonchev–Trinajstić information content (AvgIpc) is 2.88. The first-order valence-electron chi connectivity index (χ1n) is 7.39. The summed E-state index contributed by atoms with van der Waals surface area (Å²) in [6, 6.07) is 6.02. The van der Waals surface area contributed by atoms with Crippen molar-refractivity contribution in [1.29, 1.82) is 0 Å². The molecular formula is C17H9BrF6N2O. The maximum Gasteiger partial charge on any atom is 0.416 e. The number of carbonyl (C=O) groups excluding carboxylic acids is 1. The van der Waals surface area contributed by atoms with Crippen LogP contribution in [0.15, 0.2) is 41.0 Å². The van der Waals surface area contributed by atoms with Crippen LogP contribution in [0.4, 0.5) is 26.3 Å². The Balaban J connectivity index is 2.09. The molecule has 0 amide bonds. The molecule has 3 aromatic rings. The Labute approximate surface area is 156 Å². The van der Waals surface area contributed by atoms with Crippen LogP contribution in [0.25, 0.3) is 10.9 Å². The van der Waals surface area contributed by atoms with E-state index >= 15 is 0 Å². The van der Waals surface area contributed by atoms with E-state index in [2.05, 4.69) is 21.0 Å². The van der Waals surface area contributed by atoms with Gasteiger partial charge in [0, 0.05) is 10.9 Å². The number of hydrogen-bond donors (Lipinski definition) is 0. The molecule has 0 spiro atoms. The van der Waals surface area contributed by atoms with Crippen LogP contribution >= 0.6 is 15.9 Å². The Morgan fingerprint density at radius 2 is 1.70 bits per heavy atom. The normalized spacial score (nSPS) is 12.6. The Kier molecular flexibility index (Phi) is 4.79. The fourth-order valence-electron chi connectivity index (χ4n) is 2.61. The quantitative estimate of drug-likeness (QED) is 0.379. The van der Waals surface area contributed by atoms with Gasteiger partial charge >= 0.3 is 12.4 Å². The second-order valence-electron chi connectivity index (χ2n) is 5.71. The number of aldehydes is 1. The number of aromatic nitrogens is 2. The van der Waals surface area contributed by atoms with Crippen molar-refractivity contribution in [2.24, 2.45) is 0 Å². The van der Waals surface area contributed by atoms with Crippen LogP contribution in [0, 0.1) is 0 Å². The predicted octanol–water partition coefficient (Wildman–Crippen LogP) is 5.70. The fraction of sp³-hybridized carbons (Fsp3) is 0.176. The highest BCUT2D eigenvalue weighted by molar-refractivity contribution is 9.10. The Morgan fingerprint density at radius 1 is 1.00 bits per heavy atom. The van der Waals surface area contributed by atoms with Crippen molar-refractivity contribution < 1.29 is 31.1 Å². The summed E-state index contributed by atoms with van der Waals surface area (Å²) in [6.07, 6.45) is -9.23. The summed E-state index contributed by atoms with van der Waals surface area (Å²) < 4.78 is 79.6. The molecule has 0 aliphatic heterocycles. The maximum atomic E-state index is 13.3. The SMILES string of the molecule is O=Cc1ccc2nn(Cc3ccc(C(F)(F)F)cc3C(F)(F)F)c(Br)c2c1. The molecule has 0 aliphatic carbocycles. The molecule has 27 heavy (non-hydrogen) atoms. The highest BCUT2D eigenvalue weighted by Crippen LogP contribution is 2.38. The summed E-state index contributed by atoms with van der Waals surface area (Å²) in [7, 11) is 0. The molecule has 0 saturated heterocycles. The molecule has 2 aromatic carbocycles. The zero-order valence-corrected chi connectivity index (χ0v) is 14.8. The minimum Gasteiger partial charge on any atom is -0.298 e. The lowest BCUT2D eigenvalue weighted by molar-refractivity contribution is -0.143. The van der Waals surface area contributed by atoms with Gasteiger partial charge in [-0.1, -0.05) is 6.07 Å². The van der Waals surface area contributed by atoms with E-state index in [1.165, 1.54) is 22.9 Å². The maximum absolute atomic E-state index is 13.3. The van der Waals surface area contributed by atoms with Crippen molar-refractivity contribution in [1.82, 2.24) is 9.78 Å². The van der Waals surface area contributed by atoms with Gasteiger partial charge < -0.3 is 0 Å². The number of benzene rings is 2. The molecule has 0 bridgehead atoms. The van der Waals surface area contributed by atoms with Gasteiger partial charge in [0.05, 0.1) is 23.2 Å². The van der Waals surface area contributed by atoms with Gasteiger partial charge in [-0.25, -0.2) is 0 Å². The summed E-state index contributed by atoms with van der Waals surface area (Å²) in [6.45, 7) is -0.404. The van der Waals surface area contributed by atoms with Crippen molar-refractivity contribution in [2.45, 2.75) is 18.9 Å². The Hall–Kier alpha value is -2.36. The predicted molar refractivity (Wildman–Crippen MR) is 88.4 cm³/mol. The van der Waals surface area contributed by atoms with Crippen LogP contribution in [0.3, 0.4) is 0 Å². The van der Waals surface area contributed by atoms with Crippen molar-refractivity contribution in [3.63, 3.8) is 0 Å². The molecule has 0 saturated carbocycles. The minimum atomic E-state index is -4.96. The van der Waals surface area contributed by atoms with Gasteiger partial charge in [0.25, 0.3) is 0 Å². The van der Waals surface area contributed by atoms with E-state index in [1.54, 1.807) is 0 Å². The first kappa shape index (κ1) is 19.4.